The maximum absolute atomic E-state index is 11.2. The smallest absolute Gasteiger partial charge is 0.331 e. The molecule has 0 fully saturated rings. The summed E-state index contributed by atoms with van der Waals surface area (Å²) in [6, 6.07) is 3.45. The molecule has 0 aliphatic rings. The Hall–Kier alpha value is -1.26. The predicted molar refractivity (Wildman–Crippen MR) is 65.3 cm³/mol. The Morgan fingerprint density at radius 2 is 2.12 bits per heavy atom. The first-order chi connectivity index (χ1) is 8.01. The highest BCUT2D eigenvalue weighted by Gasteiger charge is 2.25. The van der Waals surface area contributed by atoms with Crippen LogP contribution in [0.2, 0.25) is 10.0 Å². The second-order valence-corrected chi connectivity index (χ2v) is 4.16. The number of carbonyl (C=O) groups is 2. The number of carboxylic acid groups (broad SMARTS) is 1. The van der Waals surface area contributed by atoms with E-state index in [1.54, 1.807) is 13.0 Å². The van der Waals surface area contributed by atoms with Crippen LogP contribution in [0.5, 0.6) is 0 Å². The molecule has 1 atom stereocenters. The lowest BCUT2D eigenvalue weighted by Gasteiger charge is -2.24. The van der Waals surface area contributed by atoms with E-state index in [-0.39, 0.29) is 5.02 Å². The monoisotopic (exact) mass is 275 g/mol. The highest BCUT2D eigenvalue weighted by molar-refractivity contribution is 6.42. The van der Waals surface area contributed by atoms with Gasteiger partial charge in [-0.05, 0) is 24.6 Å². The quantitative estimate of drug-likeness (QED) is 0.841. The normalized spacial score (nSPS) is 11.9. The van der Waals surface area contributed by atoms with Crippen LogP contribution in [-0.4, -0.2) is 28.9 Å². The molecule has 0 heterocycles. The minimum Gasteiger partial charge on any atom is -0.479 e. The van der Waals surface area contributed by atoms with E-state index in [2.05, 4.69) is 0 Å². The van der Waals surface area contributed by atoms with Crippen molar-refractivity contribution in [2.45, 2.75) is 13.0 Å². The third kappa shape index (κ3) is 3.11. The molecular formula is C11H11Cl2NO3. The van der Waals surface area contributed by atoms with Gasteiger partial charge in [-0.1, -0.05) is 29.3 Å². The molecule has 1 rings (SSSR count). The van der Waals surface area contributed by atoms with Gasteiger partial charge in [0.1, 0.15) is 0 Å². The summed E-state index contributed by atoms with van der Waals surface area (Å²) in [4.78, 5) is 23.2. The van der Waals surface area contributed by atoms with E-state index in [1.165, 1.54) is 17.0 Å². The second-order valence-electron chi connectivity index (χ2n) is 3.35. The van der Waals surface area contributed by atoms with Crippen LogP contribution in [0.25, 0.3) is 0 Å². The number of benzene rings is 1. The summed E-state index contributed by atoms with van der Waals surface area (Å²) in [5, 5.41) is 9.75. The summed E-state index contributed by atoms with van der Waals surface area (Å²) in [7, 11) is 0. The van der Waals surface area contributed by atoms with Crippen molar-refractivity contribution in [1.29, 1.82) is 0 Å². The summed E-state index contributed by atoms with van der Waals surface area (Å²) in [5.74, 6) is -1.11. The molecule has 0 aliphatic heterocycles. The van der Waals surface area contributed by atoms with Gasteiger partial charge in [0.25, 0.3) is 0 Å². The van der Waals surface area contributed by atoms with Gasteiger partial charge in [-0.3, -0.25) is 4.79 Å². The maximum Gasteiger partial charge on any atom is 0.331 e. The summed E-state index contributed by atoms with van der Waals surface area (Å²) >= 11 is 11.6. The fourth-order valence-corrected chi connectivity index (χ4v) is 1.78. The van der Waals surface area contributed by atoms with Gasteiger partial charge in [-0.15, -0.1) is 0 Å². The van der Waals surface area contributed by atoms with Crippen molar-refractivity contribution in [3.63, 3.8) is 0 Å². The van der Waals surface area contributed by atoms with E-state index in [0.29, 0.717) is 23.5 Å². The SMILES string of the molecule is CCN(C=O)C(C(=O)O)c1ccc(Cl)c(Cl)c1. The minimum absolute atomic E-state index is 0.261. The number of rotatable bonds is 5. The summed E-state index contributed by atoms with van der Waals surface area (Å²) in [5.41, 5.74) is 0.417. The number of carbonyl (C=O) groups excluding carboxylic acids is 1. The number of hydrogen-bond donors (Lipinski definition) is 1. The van der Waals surface area contributed by atoms with Crippen LogP contribution in [0.3, 0.4) is 0 Å². The average molecular weight is 276 g/mol. The molecule has 0 saturated heterocycles. The lowest BCUT2D eigenvalue weighted by Crippen LogP contribution is -2.32. The minimum atomic E-state index is -1.11. The van der Waals surface area contributed by atoms with Crippen molar-refractivity contribution < 1.29 is 14.7 Å². The summed E-state index contributed by atoms with van der Waals surface area (Å²) in [6.45, 7) is 1.99. The van der Waals surface area contributed by atoms with Crippen LogP contribution in [0, 0.1) is 0 Å². The van der Waals surface area contributed by atoms with Crippen LogP contribution >= 0.6 is 23.2 Å². The van der Waals surface area contributed by atoms with E-state index in [1.807, 2.05) is 0 Å². The van der Waals surface area contributed by atoms with Crippen LogP contribution in [-0.2, 0) is 9.59 Å². The largest absolute Gasteiger partial charge is 0.479 e. The molecule has 92 valence electrons. The van der Waals surface area contributed by atoms with Gasteiger partial charge < -0.3 is 10.0 Å². The molecule has 1 N–H and O–H groups in total. The Morgan fingerprint density at radius 1 is 1.47 bits per heavy atom. The third-order valence-electron chi connectivity index (χ3n) is 2.33. The fraction of sp³-hybridized carbons (Fsp3) is 0.273. The van der Waals surface area contributed by atoms with Gasteiger partial charge >= 0.3 is 5.97 Å². The number of aliphatic carboxylic acids is 1. The number of nitrogens with zero attached hydrogens (tertiary/aromatic N) is 1. The van der Waals surface area contributed by atoms with Crippen molar-refractivity contribution in [3.05, 3.63) is 33.8 Å². The Morgan fingerprint density at radius 3 is 2.53 bits per heavy atom. The maximum atomic E-state index is 11.2. The number of hydrogen-bond acceptors (Lipinski definition) is 2. The van der Waals surface area contributed by atoms with Crippen LogP contribution < -0.4 is 0 Å². The molecule has 1 amide bonds. The molecule has 6 heteroatoms. The van der Waals surface area contributed by atoms with Gasteiger partial charge in [-0.25, -0.2) is 4.79 Å². The Balaban J connectivity index is 3.18. The lowest BCUT2D eigenvalue weighted by atomic mass is 10.1. The molecule has 1 unspecified atom stereocenters. The first kappa shape index (κ1) is 13.8. The van der Waals surface area contributed by atoms with Crippen LogP contribution in [0.15, 0.2) is 18.2 Å². The van der Waals surface area contributed by atoms with Crippen LogP contribution in [0.1, 0.15) is 18.5 Å². The van der Waals surface area contributed by atoms with Gasteiger partial charge in [-0.2, -0.15) is 0 Å². The third-order valence-corrected chi connectivity index (χ3v) is 3.06. The molecule has 0 bridgehead atoms. The van der Waals surface area contributed by atoms with Crippen molar-refractivity contribution in [2.75, 3.05) is 6.54 Å². The molecular weight excluding hydrogens is 265 g/mol. The molecule has 4 nitrogen and oxygen atoms in total. The van der Waals surface area contributed by atoms with E-state index >= 15 is 0 Å². The zero-order valence-electron chi connectivity index (χ0n) is 9.06. The number of amides is 1. The van der Waals surface area contributed by atoms with E-state index in [0.717, 1.165) is 0 Å². The Kier molecular flexibility index (Phi) is 4.78. The van der Waals surface area contributed by atoms with E-state index in [4.69, 9.17) is 28.3 Å². The van der Waals surface area contributed by atoms with Gasteiger partial charge in [0.2, 0.25) is 6.41 Å². The lowest BCUT2D eigenvalue weighted by molar-refractivity contribution is -0.146. The summed E-state index contributed by atoms with van der Waals surface area (Å²) < 4.78 is 0. The number of likely N-dealkylation sites (N-methyl/N-ethyl adjacent to an activating group) is 1. The molecule has 1 aromatic rings. The van der Waals surface area contributed by atoms with Crippen molar-refractivity contribution in [1.82, 2.24) is 4.90 Å². The Labute approximate surface area is 109 Å². The first-order valence-electron chi connectivity index (χ1n) is 4.90. The molecule has 0 spiro atoms. The zero-order chi connectivity index (χ0) is 13.0. The average Bonchev–Trinajstić information content (AvgIpc) is 2.29. The highest BCUT2D eigenvalue weighted by atomic mass is 35.5. The van der Waals surface area contributed by atoms with Gasteiger partial charge in [0.15, 0.2) is 6.04 Å². The Bertz CT molecular complexity index is 437. The van der Waals surface area contributed by atoms with Gasteiger partial charge in [0.05, 0.1) is 10.0 Å². The van der Waals surface area contributed by atoms with Crippen molar-refractivity contribution in [2.24, 2.45) is 0 Å². The molecule has 0 aromatic heterocycles. The molecule has 0 aliphatic carbocycles. The highest BCUT2D eigenvalue weighted by Crippen LogP contribution is 2.28. The molecule has 0 radical (unpaired) electrons. The van der Waals surface area contributed by atoms with Crippen molar-refractivity contribution in [3.8, 4) is 0 Å². The fourth-order valence-electron chi connectivity index (χ4n) is 1.48. The molecule has 17 heavy (non-hydrogen) atoms. The van der Waals surface area contributed by atoms with E-state index in [9.17, 15) is 9.59 Å². The molecule has 1 aromatic carbocycles. The topological polar surface area (TPSA) is 57.6 Å². The van der Waals surface area contributed by atoms with E-state index < -0.39 is 12.0 Å². The number of carboxylic acids is 1. The zero-order valence-corrected chi connectivity index (χ0v) is 10.6. The number of halogens is 2. The standard InChI is InChI=1S/C11H11Cl2NO3/c1-2-14(6-15)10(11(16)17)7-3-4-8(12)9(13)5-7/h3-6,10H,2H2,1H3,(H,16,17). The van der Waals surface area contributed by atoms with Crippen LogP contribution in [0.4, 0.5) is 0 Å². The summed E-state index contributed by atoms with van der Waals surface area (Å²) in [6.07, 6.45) is 0.501. The van der Waals surface area contributed by atoms with Crippen molar-refractivity contribution >= 4 is 35.6 Å². The molecule has 0 saturated carbocycles. The van der Waals surface area contributed by atoms with Gasteiger partial charge in [0, 0.05) is 6.54 Å². The second kappa shape index (κ2) is 5.89. The first-order valence-corrected chi connectivity index (χ1v) is 5.65. The predicted octanol–water partition coefficient (Wildman–Crippen LogP) is 2.60.